The molecule has 0 aliphatic rings. The van der Waals surface area contributed by atoms with Crippen LogP contribution in [0, 0.1) is 13.8 Å². The van der Waals surface area contributed by atoms with E-state index in [2.05, 4.69) is 20.3 Å². The Balaban J connectivity index is 1.80. The molecular weight excluding hydrogens is 304 g/mol. The number of aromatic nitrogens is 3. The lowest BCUT2D eigenvalue weighted by Gasteiger charge is -2.09. The lowest BCUT2D eigenvalue weighted by molar-refractivity contribution is 0.102. The van der Waals surface area contributed by atoms with Gasteiger partial charge in [0.05, 0.1) is 6.20 Å². The molecule has 0 saturated carbocycles. The monoisotopic (exact) mass is 320 g/mol. The third-order valence-electron chi connectivity index (χ3n) is 3.18. The Bertz CT molecular complexity index is 849. The minimum atomic E-state index is -0.342. The van der Waals surface area contributed by atoms with Crippen LogP contribution < -0.4 is 10.1 Å². The van der Waals surface area contributed by atoms with Gasteiger partial charge in [-0.25, -0.2) is 9.97 Å². The number of nitrogens with one attached hydrogen (secondary N) is 1. The van der Waals surface area contributed by atoms with E-state index in [-0.39, 0.29) is 11.6 Å². The molecule has 3 heterocycles. The number of anilines is 1. The summed E-state index contributed by atoms with van der Waals surface area (Å²) in [5, 5.41) is 2.72. The van der Waals surface area contributed by atoms with E-state index in [1.165, 1.54) is 0 Å². The van der Waals surface area contributed by atoms with Crippen molar-refractivity contribution < 1.29 is 9.53 Å². The average molecular weight is 320 g/mol. The number of amides is 1. The fourth-order valence-corrected chi connectivity index (χ4v) is 2.08. The van der Waals surface area contributed by atoms with E-state index < -0.39 is 0 Å². The van der Waals surface area contributed by atoms with Crippen molar-refractivity contribution in [3.05, 3.63) is 71.9 Å². The van der Waals surface area contributed by atoms with Crippen molar-refractivity contribution in [3.63, 3.8) is 0 Å². The summed E-state index contributed by atoms with van der Waals surface area (Å²) in [5.74, 6) is 1.25. The van der Waals surface area contributed by atoms with Gasteiger partial charge in [0.1, 0.15) is 23.0 Å². The molecule has 0 radical (unpaired) electrons. The molecule has 0 unspecified atom stereocenters. The molecule has 0 aliphatic heterocycles. The fourth-order valence-electron chi connectivity index (χ4n) is 2.08. The Morgan fingerprint density at radius 2 is 1.96 bits per heavy atom. The highest BCUT2D eigenvalue weighted by atomic mass is 16.5. The van der Waals surface area contributed by atoms with Crippen LogP contribution in [-0.2, 0) is 0 Å². The van der Waals surface area contributed by atoms with Crippen molar-refractivity contribution in [2.75, 3.05) is 5.32 Å². The molecule has 3 rings (SSSR count). The highest BCUT2D eigenvalue weighted by Gasteiger charge is 2.11. The summed E-state index contributed by atoms with van der Waals surface area (Å²) in [6, 6.07) is 10.5. The van der Waals surface area contributed by atoms with E-state index in [1.54, 1.807) is 55.8 Å². The first-order valence-electron chi connectivity index (χ1n) is 7.41. The quantitative estimate of drug-likeness (QED) is 0.795. The molecule has 3 aromatic rings. The Kier molecular flexibility index (Phi) is 4.47. The molecular formula is C18H16N4O2. The SMILES string of the molecule is Cc1ccc(NC(=O)c2cc(Oc3cccnc3)cc(C)n2)nc1. The average Bonchev–Trinajstić information content (AvgIpc) is 2.57. The normalized spacial score (nSPS) is 10.2. The third kappa shape index (κ3) is 3.92. The first kappa shape index (κ1) is 15.6. The van der Waals surface area contributed by atoms with Crippen molar-refractivity contribution in [3.8, 4) is 11.5 Å². The van der Waals surface area contributed by atoms with Gasteiger partial charge in [0, 0.05) is 30.2 Å². The van der Waals surface area contributed by atoms with Crippen molar-refractivity contribution in [1.29, 1.82) is 0 Å². The van der Waals surface area contributed by atoms with Gasteiger partial charge in [-0.3, -0.25) is 9.78 Å². The zero-order valence-electron chi connectivity index (χ0n) is 13.4. The molecule has 0 bridgehead atoms. The number of hydrogen-bond donors (Lipinski definition) is 1. The first-order valence-corrected chi connectivity index (χ1v) is 7.41. The number of ether oxygens (including phenoxy) is 1. The van der Waals surface area contributed by atoms with Crippen LogP contribution in [0.3, 0.4) is 0 Å². The highest BCUT2D eigenvalue weighted by molar-refractivity contribution is 6.02. The first-order chi connectivity index (χ1) is 11.6. The van der Waals surface area contributed by atoms with Crippen LogP contribution in [0.25, 0.3) is 0 Å². The van der Waals surface area contributed by atoms with Crippen molar-refractivity contribution in [2.45, 2.75) is 13.8 Å². The van der Waals surface area contributed by atoms with Gasteiger partial charge in [-0.2, -0.15) is 0 Å². The minimum absolute atomic E-state index is 0.260. The van der Waals surface area contributed by atoms with Crippen LogP contribution in [0.2, 0.25) is 0 Å². The molecule has 0 spiro atoms. The van der Waals surface area contributed by atoms with Gasteiger partial charge < -0.3 is 10.1 Å². The topological polar surface area (TPSA) is 77.0 Å². The van der Waals surface area contributed by atoms with Gasteiger partial charge in [-0.05, 0) is 37.6 Å². The van der Waals surface area contributed by atoms with Gasteiger partial charge in [0.2, 0.25) is 0 Å². The molecule has 0 aliphatic carbocycles. The second-order valence-electron chi connectivity index (χ2n) is 5.30. The zero-order chi connectivity index (χ0) is 16.9. The molecule has 6 nitrogen and oxygen atoms in total. The number of aryl methyl sites for hydroxylation is 2. The van der Waals surface area contributed by atoms with Crippen LogP contribution in [0.4, 0.5) is 5.82 Å². The Hall–Kier alpha value is -3.28. The number of rotatable bonds is 4. The van der Waals surface area contributed by atoms with Crippen LogP contribution in [0.15, 0.2) is 55.0 Å². The molecule has 1 N–H and O–H groups in total. The summed E-state index contributed by atoms with van der Waals surface area (Å²) in [6.07, 6.45) is 4.96. The largest absolute Gasteiger partial charge is 0.456 e. The summed E-state index contributed by atoms with van der Waals surface area (Å²) in [5.41, 5.74) is 1.96. The molecule has 24 heavy (non-hydrogen) atoms. The molecule has 1 amide bonds. The number of pyridine rings is 3. The Labute approximate surface area is 139 Å². The molecule has 6 heteroatoms. The minimum Gasteiger partial charge on any atom is -0.456 e. The number of carbonyl (C=O) groups is 1. The van der Waals surface area contributed by atoms with E-state index in [9.17, 15) is 4.79 Å². The van der Waals surface area contributed by atoms with E-state index in [0.29, 0.717) is 23.0 Å². The molecule has 0 aromatic carbocycles. The summed E-state index contributed by atoms with van der Waals surface area (Å²) in [6.45, 7) is 3.74. The predicted molar refractivity (Wildman–Crippen MR) is 90.2 cm³/mol. The standard InChI is InChI=1S/C18H16N4O2/c1-12-5-6-17(20-10-12)22-18(23)16-9-15(8-13(2)21-16)24-14-4-3-7-19-11-14/h3-11H,1-2H3,(H,20,22,23). The Morgan fingerprint density at radius 1 is 1.08 bits per heavy atom. The molecule has 0 saturated heterocycles. The van der Waals surface area contributed by atoms with Gasteiger partial charge in [-0.15, -0.1) is 0 Å². The van der Waals surface area contributed by atoms with Gasteiger partial charge in [0.25, 0.3) is 5.91 Å². The number of nitrogens with zero attached hydrogens (tertiary/aromatic N) is 3. The van der Waals surface area contributed by atoms with Gasteiger partial charge in [0.15, 0.2) is 0 Å². The maximum Gasteiger partial charge on any atom is 0.275 e. The molecule has 0 atom stereocenters. The fraction of sp³-hybridized carbons (Fsp3) is 0.111. The van der Waals surface area contributed by atoms with E-state index in [0.717, 1.165) is 5.56 Å². The predicted octanol–water partition coefficient (Wildman–Crippen LogP) is 3.53. The van der Waals surface area contributed by atoms with Gasteiger partial charge >= 0.3 is 0 Å². The van der Waals surface area contributed by atoms with Gasteiger partial charge in [-0.1, -0.05) is 6.07 Å². The maximum absolute atomic E-state index is 12.4. The van der Waals surface area contributed by atoms with E-state index >= 15 is 0 Å². The number of hydrogen-bond acceptors (Lipinski definition) is 5. The second kappa shape index (κ2) is 6.87. The highest BCUT2D eigenvalue weighted by Crippen LogP contribution is 2.22. The van der Waals surface area contributed by atoms with E-state index in [1.807, 2.05) is 13.0 Å². The lowest BCUT2D eigenvalue weighted by atomic mass is 10.2. The Morgan fingerprint density at radius 3 is 2.67 bits per heavy atom. The van der Waals surface area contributed by atoms with E-state index in [4.69, 9.17) is 4.74 Å². The number of carbonyl (C=O) groups excluding carboxylic acids is 1. The second-order valence-corrected chi connectivity index (χ2v) is 5.30. The third-order valence-corrected chi connectivity index (χ3v) is 3.18. The van der Waals surface area contributed by atoms with Crippen LogP contribution in [0.1, 0.15) is 21.7 Å². The maximum atomic E-state index is 12.4. The van der Waals surface area contributed by atoms with Crippen molar-refractivity contribution >= 4 is 11.7 Å². The lowest BCUT2D eigenvalue weighted by Crippen LogP contribution is -2.15. The molecule has 0 fully saturated rings. The smallest absolute Gasteiger partial charge is 0.275 e. The van der Waals surface area contributed by atoms with Crippen LogP contribution in [-0.4, -0.2) is 20.9 Å². The summed E-state index contributed by atoms with van der Waals surface area (Å²) < 4.78 is 5.72. The van der Waals surface area contributed by atoms with Crippen LogP contribution >= 0.6 is 0 Å². The van der Waals surface area contributed by atoms with Crippen LogP contribution in [0.5, 0.6) is 11.5 Å². The zero-order valence-corrected chi connectivity index (χ0v) is 13.4. The molecule has 120 valence electrons. The summed E-state index contributed by atoms with van der Waals surface area (Å²) in [4.78, 5) is 24.8. The molecule has 3 aromatic heterocycles. The summed E-state index contributed by atoms with van der Waals surface area (Å²) >= 11 is 0. The van der Waals surface area contributed by atoms with Crippen molar-refractivity contribution in [1.82, 2.24) is 15.0 Å². The van der Waals surface area contributed by atoms with Crippen molar-refractivity contribution in [2.24, 2.45) is 0 Å². The summed E-state index contributed by atoms with van der Waals surface area (Å²) in [7, 11) is 0.